The fourth-order valence-corrected chi connectivity index (χ4v) is 7.29. The molecule has 0 saturated heterocycles. The second-order valence-electron chi connectivity index (χ2n) is 8.57. The van der Waals surface area contributed by atoms with Crippen LogP contribution in [0.2, 0.25) is 0 Å². The second kappa shape index (κ2) is 10.4. The SMILES string of the molecule is COc1ccc2c(ccc(/C=C3/[Se]c4ccccc4N3CCCS(=O)(=O)[O-])[n+]2Cc2ccccc2)c1. The monoisotopic (exact) mass is 566 g/mol. The summed E-state index contributed by atoms with van der Waals surface area (Å²) in [6.45, 7) is 1.19. The van der Waals surface area contributed by atoms with Crippen molar-refractivity contribution in [2.45, 2.75) is 13.0 Å². The van der Waals surface area contributed by atoms with Crippen molar-refractivity contribution >= 4 is 52.2 Å². The van der Waals surface area contributed by atoms with E-state index >= 15 is 0 Å². The number of fused-ring (bicyclic) bond motifs is 2. The quantitative estimate of drug-likeness (QED) is 0.186. The second-order valence-corrected chi connectivity index (χ2v) is 12.3. The number of methoxy groups -OCH3 is 1. The number of aromatic nitrogens is 1. The van der Waals surface area contributed by atoms with Crippen LogP contribution in [-0.2, 0) is 16.7 Å². The van der Waals surface area contributed by atoms with Gasteiger partial charge in [-0.2, -0.15) is 0 Å². The first-order chi connectivity index (χ1) is 17.4. The minimum absolute atomic E-state index is 0.0619. The average molecular weight is 566 g/mol. The molecule has 5 rings (SSSR count). The van der Waals surface area contributed by atoms with Crippen molar-refractivity contribution in [2.75, 3.05) is 24.3 Å². The van der Waals surface area contributed by atoms with Gasteiger partial charge in [-0.05, 0) is 0 Å². The molecule has 6 nitrogen and oxygen atoms in total. The Morgan fingerprint density at radius 1 is 1.00 bits per heavy atom. The van der Waals surface area contributed by atoms with Crippen LogP contribution in [-0.4, -0.2) is 47.3 Å². The third kappa shape index (κ3) is 5.47. The van der Waals surface area contributed by atoms with E-state index < -0.39 is 10.1 Å². The molecule has 3 aromatic carbocycles. The summed E-state index contributed by atoms with van der Waals surface area (Å²) in [5, 5.41) is 1.09. The molecule has 0 saturated carbocycles. The van der Waals surface area contributed by atoms with Gasteiger partial charge >= 0.3 is 218 Å². The summed E-state index contributed by atoms with van der Waals surface area (Å²) in [6.07, 6.45) is 2.49. The average Bonchev–Trinajstić information content (AvgIpc) is 3.22. The first-order valence-electron chi connectivity index (χ1n) is 11.7. The van der Waals surface area contributed by atoms with Crippen molar-refractivity contribution in [2.24, 2.45) is 0 Å². The molecule has 0 unspecified atom stereocenters. The van der Waals surface area contributed by atoms with Gasteiger partial charge in [0.15, 0.2) is 0 Å². The van der Waals surface area contributed by atoms with Crippen LogP contribution in [0.3, 0.4) is 0 Å². The molecule has 1 aliphatic heterocycles. The van der Waals surface area contributed by atoms with E-state index in [0.717, 1.165) is 32.6 Å². The van der Waals surface area contributed by atoms with Crippen LogP contribution in [0.4, 0.5) is 5.69 Å². The van der Waals surface area contributed by atoms with Gasteiger partial charge in [-0.25, -0.2) is 0 Å². The fraction of sp³-hybridized carbons (Fsp3) is 0.179. The van der Waals surface area contributed by atoms with E-state index in [-0.39, 0.29) is 27.1 Å². The number of nitrogens with zero attached hydrogens (tertiary/aromatic N) is 2. The molecule has 0 N–H and O–H groups in total. The summed E-state index contributed by atoms with van der Waals surface area (Å²) in [6, 6.07) is 28.9. The zero-order chi connectivity index (χ0) is 25.1. The number of ether oxygens (including phenoxy) is 1. The number of anilines is 1. The van der Waals surface area contributed by atoms with Gasteiger partial charge in [0.2, 0.25) is 0 Å². The number of hydrogen-bond donors (Lipinski definition) is 0. The van der Waals surface area contributed by atoms with Crippen LogP contribution in [0.1, 0.15) is 17.7 Å². The zero-order valence-electron chi connectivity index (χ0n) is 19.8. The van der Waals surface area contributed by atoms with Crippen molar-refractivity contribution in [1.82, 2.24) is 0 Å². The van der Waals surface area contributed by atoms with E-state index in [1.165, 1.54) is 10.0 Å². The summed E-state index contributed by atoms with van der Waals surface area (Å²) >= 11 is 0.0619. The number of rotatable bonds is 8. The predicted octanol–water partition coefficient (Wildman–Crippen LogP) is 3.27. The Morgan fingerprint density at radius 3 is 2.56 bits per heavy atom. The van der Waals surface area contributed by atoms with Crippen molar-refractivity contribution in [3.05, 3.63) is 101 Å². The molecule has 1 aliphatic rings. The number of hydrogen-bond acceptors (Lipinski definition) is 5. The van der Waals surface area contributed by atoms with Gasteiger partial charge in [0, 0.05) is 0 Å². The minimum atomic E-state index is -4.25. The van der Waals surface area contributed by atoms with Crippen molar-refractivity contribution in [1.29, 1.82) is 0 Å². The maximum atomic E-state index is 11.2. The standard InChI is InChI=1S/C28H26N2O4SSe/c1-34-24-14-15-25-22(18-24)12-13-23(30(25)20-21-8-3-2-4-9-21)19-28-29(16-7-17-35(31,32)33)26-10-5-6-11-27(26)36-28/h2-6,8-15,18-19H,7,16-17,20H2,1H3. The van der Waals surface area contributed by atoms with Crippen molar-refractivity contribution in [3.8, 4) is 5.75 Å². The third-order valence-corrected chi connectivity index (χ3v) is 9.26. The van der Waals surface area contributed by atoms with E-state index in [9.17, 15) is 13.0 Å². The van der Waals surface area contributed by atoms with Crippen LogP contribution < -0.4 is 18.7 Å². The van der Waals surface area contributed by atoms with E-state index in [2.05, 4.69) is 58.0 Å². The van der Waals surface area contributed by atoms with E-state index in [0.29, 0.717) is 13.1 Å². The molecule has 0 amide bonds. The molecule has 36 heavy (non-hydrogen) atoms. The molecule has 0 atom stereocenters. The molecule has 8 heteroatoms. The van der Waals surface area contributed by atoms with Crippen LogP contribution >= 0.6 is 0 Å². The fourth-order valence-electron chi connectivity index (χ4n) is 4.43. The first kappa shape index (κ1) is 24.5. The van der Waals surface area contributed by atoms with Crippen molar-refractivity contribution < 1.29 is 22.3 Å². The molecule has 0 bridgehead atoms. The van der Waals surface area contributed by atoms with Gasteiger partial charge in [0.1, 0.15) is 0 Å². The van der Waals surface area contributed by atoms with Crippen molar-refractivity contribution in [3.63, 3.8) is 0 Å². The van der Waals surface area contributed by atoms with Gasteiger partial charge in [0.25, 0.3) is 0 Å². The molecule has 0 spiro atoms. The third-order valence-electron chi connectivity index (χ3n) is 6.14. The Labute approximate surface area is 217 Å². The van der Waals surface area contributed by atoms with Gasteiger partial charge in [-0.1, -0.05) is 0 Å². The summed E-state index contributed by atoms with van der Waals surface area (Å²) in [4.78, 5) is 2.17. The van der Waals surface area contributed by atoms with Gasteiger partial charge in [-0.3, -0.25) is 0 Å². The molecular formula is C28H26N2O4SSe. The topological polar surface area (TPSA) is 73.5 Å². The molecular weight excluding hydrogens is 539 g/mol. The van der Waals surface area contributed by atoms with E-state index in [1.54, 1.807) is 7.11 Å². The van der Waals surface area contributed by atoms with E-state index in [4.69, 9.17) is 4.74 Å². The molecule has 1 aromatic heterocycles. The molecule has 2 heterocycles. The number of pyridine rings is 1. The maximum absolute atomic E-state index is 11.2. The number of para-hydroxylation sites is 1. The molecule has 4 aromatic rings. The summed E-state index contributed by atoms with van der Waals surface area (Å²) < 4.78 is 43.8. The normalized spacial score (nSPS) is 14.4. The Bertz CT molecular complexity index is 1540. The summed E-state index contributed by atoms with van der Waals surface area (Å²) in [5.74, 6) is 0.451. The van der Waals surface area contributed by atoms with E-state index in [1.807, 2.05) is 42.5 Å². The van der Waals surface area contributed by atoms with Crippen LogP contribution in [0.15, 0.2) is 89.5 Å². The molecule has 184 valence electrons. The zero-order valence-corrected chi connectivity index (χ0v) is 22.4. The van der Waals surface area contributed by atoms with Gasteiger partial charge in [0.05, 0.1) is 0 Å². The van der Waals surface area contributed by atoms with Gasteiger partial charge < -0.3 is 0 Å². The molecule has 0 fully saturated rings. The van der Waals surface area contributed by atoms with Gasteiger partial charge in [-0.15, -0.1) is 0 Å². The summed E-state index contributed by atoms with van der Waals surface area (Å²) in [7, 11) is -2.58. The molecule has 0 aliphatic carbocycles. The Kier molecular flexibility index (Phi) is 7.12. The number of benzene rings is 3. The predicted molar refractivity (Wildman–Crippen MR) is 143 cm³/mol. The summed E-state index contributed by atoms with van der Waals surface area (Å²) in [5.41, 5.74) is 4.44. The molecule has 0 radical (unpaired) electrons. The van der Waals surface area contributed by atoms with Crippen LogP contribution in [0.25, 0.3) is 17.0 Å². The Hall–Kier alpha value is -3.16. The van der Waals surface area contributed by atoms with Crippen LogP contribution in [0.5, 0.6) is 5.75 Å². The Morgan fingerprint density at radius 2 is 1.78 bits per heavy atom. The van der Waals surface area contributed by atoms with Crippen LogP contribution in [0, 0.1) is 0 Å². The Balaban J connectivity index is 1.58. The first-order valence-corrected chi connectivity index (χ1v) is 14.9.